The van der Waals surface area contributed by atoms with E-state index in [9.17, 15) is 9.59 Å². The minimum Gasteiger partial charge on any atom is -0.444 e. The lowest BCUT2D eigenvalue weighted by molar-refractivity contribution is -0.121. The monoisotopic (exact) mass is 216 g/mol. The molecule has 0 aromatic carbocycles. The summed E-state index contributed by atoms with van der Waals surface area (Å²) in [5.74, 6) is -0.620. The maximum absolute atomic E-state index is 11.3. The summed E-state index contributed by atoms with van der Waals surface area (Å²) in [6.45, 7) is 8.85. The van der Waals surface area contributed by atoms with Crippen molar-refractivity contribution in [1.82, 2.24) is 5.32 Å². The van der Waals surface area contributed by atoms with Crippen molar-refractivity contribution in [2.45, 2.75) is 46.3 Å². The number of hydrogen-bond acceptors (Lipinski definition) is 3. The Morgan fingerprint density at radius 2 is 1.73 bits per heavy atom. The van der Waals surface area contributed by atoms with Gasteiger partial charge in [0.25, 0.3) is 0 Å². The summed E-state index contributed by atoms with van der Waals surface area (Å²) in [6.07, 6.45) is -0.625. The molecule has 0 aliphatic carbocycles. The van der Waals surface area contributed by atoms with Crippen molar-refractivity contribution < 1.29 is 14.3 Å². The number of primary amides is 1. The van der Waals surface area contributed by atoms with Crippen LogP contribution in [0.2, 0.25) is 0 Å². The van der Waals surface area contributed by atoms with Gasteiger partial charge < -0.3 is 15.8 Å². The molecule has 0 spiro atoms. The molecular weight excluding hydrogens is 196 g/mol. The molecule has 0 radical (unpaired) electrons. The molecule has 15 heavy (non-hydrogen) atoms. The van der Waals surface area contributed by atoms with Crippen LogP contribution in [0.3, 0.4) is 0 Å². The molecule has 2 amide bonds. The second-order valence-electron chi connectivity index (χ2n) is 4.77. The van der Waals surface area contributed by atoms with Crippen LogP contribution in [-0.4, -0.2) is 23.6 Å². The maximum atomic E-state index is 11.3. The van der Waals surface area contributed by atoms with Gasteiger partial charge in [-0.3, -0.25) is 4.79 Å². The lowest BCUT2D eigenvalue weighted by Gasteiger charge is -2.23. The molecular formula is C10H20N2O3. The highest BCUT2D eigenvalue weighted by Crippen LogP contribution is 2.08. The van der Waals surface area contributed by atoms with Gasteiger partial charge in [-0.25, -0.2) is 4.79 Å². The number of alkyl carbamates (subject to hydrolysis) is 1. The Labute approximate surface area is 90.4 Å². The number of nitrogens with one attached hydrogen (secondary N) is 1. The summed E-state index contributed by atoms with van der Waals surface area (Å²) in [5, 5.41) is 2.44. The molecule has 0 aromatic heterocycles. The molecule has 5 heteroatoms. The summed E-state index contributed by atoms with van der Waals surface area (Å²) in [7, 11) is 0. The van der Waals surface area contributed by atoms with E-state index < -0.39 is 23.6 Å². The van der Waals surface area contributed by atoms with Crippen molar-refractivity contribution in [2.24, 2.45) is 11.7 Å². The van der Waals surface area contributed by atoms with Crippen LogP contribution >= 0.6 is 0 Å². The minimum absolute atomic E-state index is 0.0602. The van der Waals surface area contributed by atoms with Crippen molar-refractivity contribution in [3.63, 3.8) is 0 Å². The van der Waals surface area contributed by atoms with Crippen LogP contribution < -0.4 is 11.1 Å². The fourth-order valence-corrected chi connectivity index (χ4v) is 1.00. The van der Waals surface area contributed by atoms with E-state index in [0.717, 1.165) is 0 Å². The third kappa shape index (κ3) is 5.93. The summed E-state index contributed by atoms with van der Waals surface area (Å²) in [4.78, 5) is 22.3. The third-order valence-electron chi connectivity index (χ3n) is 1.65. The first kappa shape index (κ1) is 13.7. The predicted molar refractivity (Wildman–Crippen MR) is 57.2 cm³/mol. The first-order valence-corrected chi connectivity index (χ1v) is 4.92. The number of carbonyl (C=O) groups excluding carboxylic acids is 2. The standard InChI is InChI=1S/C10H20N2O3/c1-6(2)7(8(11)13)12-9(14)15-10(3,4)5/h6-7H,1-5H3,(H2,11,13)(H,12,14)/t7-/m0/s1. The van der Waals surface area contributed by atoms with Gasteiger partial charge in [0.2, 0.25) is 5.91 Å². The van der Waals surface area contributed by atoms with E-state index in [0.29, 0.717) is 0 Å². The molecule has 0 heterocycles. The highest BCUT2D eigenvalue weighted by Gasteiger charge is 2.24. The average molecular weight is 216 g/mol. The Hall–Kier alpha value is -1.26. The van der Waals surface area contributed by atoms with E-state index in [2.05, 4.69) is 5.32 Å². The highest BCUT2D eigenvalue weighted by atomic mass is 16.6. The first-order chi connectivity index (χ1) is 6.63. The van der Waals surface area contributed by atoms with Crippen LogP contribution in [0.15, 0.2) is 0 Å². The van der Waals surface area contributed by atoms with Crippen LogP contribution in [0.4, 0.5) is 4.79 Å². The van der Waals surface area contributed by atoms with E-state index >= 15 is 0 Å². The zero-order chi connectivity index (χ0) is 12.2. The zero-order valence-corrected chi connectivity index (χ0v) is 9.96. The number of nitrogens with two attached hydrogens (primary N) is 1. The Kier molecular flexibility index (Phi) is 4.58. The Balaban J connectivity index is 4.31. The number of hydrogen-bond donors (Lipinski definition) is 2. The molecule has 0 aliphatic heterocycles. The third-order valence-corrected chi connectivity index (χ3v) is 1.65. The molecule has 88 valence electrons. The molecule has 3 N–H and O–H groups in total. The van der Waals surface area contributed by atoms with Crippen LogP contribution in [0, 0.1) is 5.92 Å². The van der Waals surface area contributed by atoms with Gasteiger partial charge in [0.05, 0.1) is 0 Å². The number of ether oxygens (including phenoxy) is 1. The van der Waals surface area contributed by atoms with E-state index in [1.807, 2.05) is 0 Å². The first-order valence-electron chi connectivity index (χ1n) is 4.92. The fourth-order valence-electron chi connectivity index (χ4n) is 1.00. The van der Waals surface area contributed by atoms with Gasteiger partial charge in [0.15, 0.2) is 0 Å². The van der Waals surface area contributed by atoms with Crippen LogP contribution in [-0.2, 0) is 9.53 Å². The van der Waals surface area contributed by atoms with Gasteiger partial charge in [0, 0.05) is 0 Å². The predicted octanol–water partition coefficient (Wildman–Crippen LogP) is 1.02. The maximum Gasteiger partial charge on any atom is 0.408 e. The van der Waals surface area contributed by atoms with Gasteiger partial charge in [-0.1, -0.05) is 13.8 Å². The molecule has 0 aliphatic rings. The van der Waals surface area contributed by atoms with Crippen molar-refractivity contribution >= 4 is 12.0 Å². The van der Waals surface area contributed by atoms with Gasteiger partial charge in [-0.2, -0.15) is 0 Å². The quantitative estimate of drug-likeness (QED) is 0.739. The second kappa shape index (κ2) is 5.00. The van der Waals surface area contributed by atoms with Gasteiger partial charge in [0.1, 0.15) is 11.6 Å². The molecule has 5 nitrogen and oxygen atoms in total. The normalized spacial score (nSPS) is 13.5. The van der Waals surface area contributed by atoms with Gasteiger partial charge in [-0.05, 0) is 26.7 Å². The summed E-state index contributed by atoms with van der Waals surface area (Å²) in [5.41, 5.74) is 4.56. The molecule has 0 rings (SSSR count). The van der Waals surface area contributed by atoms with E-state index in [4.69, 9.17) is 10.5 Å². The summed E-state index contributed by atoms with van der Waals surface area (Å²) >= 11 is 0. The van der Waals surface area contributed by atoms with Crippen molar-refractivity contribution in [3.05, 3.63) is 0 Å². The lowest BCUT2D eigenvalue weighted by atomic mass is 10.0. The average Bonchev–Trinajstić information content (AvgIpc) is 1.95. The van der Waals surface area contributed by atoms with Crippen LogP contribution in [0.1, 0.15) is 34.6 Å². The Morgan fingerprint density at radius 1 is 1.27 bits per heavy atom. The van der Waals surface area contributed by atoms with Crippen LogP contribution in [0.5, 0.6) is 0 Å². The summed E-state index contributed by atoms with van der Waals surface area (Å²) in [6, 6.07) is -0.695. The van der Waals surface area contributed by atoms with E-state index in [1.54, 1.807) is 34.6 Å². The highest BCUT2D eigenvalue weighted by molar-refractivity contribution is 5.84. The molecule has 0 aromatic rings. The Bertz CT molecular complexity index is 244. The minimum atomic E-state index is -0.695. The van der Waals surface area contributed by atoms with E-state index in [-0.39, 0.29) is 5.92 Å². The van der Waals surface area contributed by atoms with Gasteiger partial charge in [-0.15, -0.1) is 0 Å². The van der Waals surface area contributed by atoms with Crippen molar-refractivity contribution in [3.8, 4) is 0 Å². The number of amides is 2. The molecule has 1 atom stereocenters. The van der Waals surface area contributed by atoms with Crippen LogP contribution in [0.25, 0.3) is 0 Å². The van der Waals surface area contributed by atoms with Crippen molar-refractivity contribution in [2.75, 3.05) is 0 Å². The molecule has 0 fully saturated rings. The van der Waals surface area contributed by atoms with Crippen molar-refractivity contribution in [1.29, 1.82) is 0 Å². The SMILES string of the molecule is CC(C)[C@H](NC(=O)OC(C)(C)C)C(N)=O. The molecule has 0 unspecified atom stereocenters. The smallest absolute Gasteiger partial charge is 0.408 e. The zero-order valence-electron chi connectivity index (χ0n) is 9.96. The second-order valence-corrected chi connectivity index (χ2v) is 4.77. The number of rotatable bonds is 3. The Morgan fingerprint density at radius 3 is 2.00 bits per heavy atom. The molecule has 0 bridgehead atoms. The molecule has 0 saturated heterocycles. The molecule has 0 saturated carbocycles. The van der Waals surface area contributed by atoms with E-state index in [1.165, 1.54) is 0 Å². The van der Waals surface area contributed by atoms with Gasteiger partial charge >= 0.3 is 6.09 Å². The number of carbonyl (C=O) groups is 2. The summed E-state index contributed by atoms with van der Waals surface area (Å²) < 4.78 is 5.01. The lowest BCUT2D eigenvalue weighted by Crippen LogP contribution is -2.49. The fraction of sp³-hybridized carbons (Fsp3) is 0.800. The largest absolute Gasteiger partial charge is 0.444 e. The topological polar surface area (TPSA) is 81.4 Å².